The Morgan fingerprint density at radius 2 is 1.44 bits per heavy atom. The molecule has 0 spiro atoms. The fraction of sp³-hybridized carbons (Fsp3) is 0.615. The number of nitrogens with one attached hydrogen (secondary N) is 9. The van der Waals surface area contributed by atoms with Crippen LogP contribution in [-0.4, -0.2) is 211 Å². The zero-order chi connectivity index (χ0) is 57.1. The minimum atomic E-state index is -1.71. The van der Waals surface area contributed by atoms with Gasteiger partial charge >= 0.3 is 0 Å². The summed E-state index contributed by atoms with van der Waals surface area (Å²) in [6.07, 6.45) is -2.46. The fourth-order valence-electron chi connectivity index (χ4n) is 10.3. The maximum atomic E-state index is 14.8. The number of amides is 9. The van der Waals surface area contributed by atoms with Crippen molar-refractivity contribution in [3.8, 4) is 0 Å². The number of hydrogen-bond donors (Lipinski definition) is 13. The lowest BCUT2D eigenvalue weighted by molar-refractivity contribution is -0.300. The smallest absolute Gasteiger partial charge is 0.246 e. The van der Waals surface area contributed by atoms with Crippen molar-refractivity contribution in [2.24, 2.45) is 11.8 Å². The number of carbonyl (C=O) groups is 9. The first-order valence-corrected chi connectivity index (χ1v) is 26.9. The van der Waals surface area contributed by atoms with Crippen molar-refractivity contribution in [3.63, 3.8) is 0 Å². The molecule has 1 unspecified atom stereocenters. The first kappa shape index (κ1) is 59.6. The van der Waals surface area contributed by atoms with Crippen LogP contribution in [0.15, 0.2) is 43.0 Å². The van der Waals surface area contributed by atoms with Crippen LogP contribution in [0, 0.1) is 11.8 Å². The number of H-pyrrole nitrogens is 2. The van der Waals surface area contributed by atoms with Crippen molar-refractivity contribution < 1.29 is 73.1 Å². The van der Waals surface area contributed by atoms with Crippen molar-refractivity contribution in [2.75, 3.05) is 39.4 Å². The highest BCUT2D eigenvalue weighted by Crippen LogP contribution is 2.28. The highest BCUT2D eigenvalue weighted by molar-refractivity contribution is 6.00. The van der Waals surface area contributed by atoms with E-state index < -0.39 is 158 Å². The van der Waals surface area contributed by atoms with Crippen LogP contribution >= 0.6 is 0 Å². The SMILES string of the molecule is CCC(C)[C@@H]1NC(=O)[C@H](CC(=O)NCCO[C@@H]2O[C@H](CO)[C@@H](O)[C@H](O)[C@H]2O)NC(=O)[C@H](C(C)C)NC(=O)CNC(=O)[C@H](Cc2cnc[nH]2)NC(=O)[C@H](Cc2c[nH]c3ccccc23)NC(=O)[C@@H]2CCCN2C(=O)[C@@H]2CCCN2C1=O. The van der Waals surface area contributed by atoms with Gasteiger partial charge in [-0.05, 0) is 49.1 Å². The van der Waals surface area contributed by atoms with Crippen LogP contribution in [0.1, 0.15) is 77.5 Å². The lowest BCUT2D eigenvalue weighted by atomic mass is 9.96. The summed E-state index contributed by atoms with van der Waals surface area (Å²) in [6.45, 7) is 5.03. The first-order chi connectivity index (χ1) is 37.8. The van der Waals surface area contributed by atoms with Crippen molar-refractivity contribution in [1.29, 1.82) is 0 Å². The van der Waals surface area contributed by atoms with E-state index in [9.17, 15) is 63.6 Å². The highest BCUT2D eigenvalue weighted by atomic mass is 16.7. The summed E-state index contributed by atoms with van der Waals surface area (Å²) < 4.78 is 10.8. The fourth-order valence-corrected chi connectivity index (χ4v) is 10.3. The second kappa shape index (κ2) is 27.2. The van der Waals surface area contributed by atoms with E-state index in [0.717, 1.165) is 10.9 Å². The molecule has 27 nitrogen and oxygen atoms in total. The monoisotopic (exact) mass is 1110 g/mol. The van der Waals surface area contributed by atoms with E-state index in [4.69, 9.17) is 9.47 Å². The summed E-state index contributed by atoms with van der Waals surface area (Å²) in [7, 11) is 0. The van der Waals surface area contributed by atoms with Crippen LogP contribution in [0.4, 0.5) is 0 Å². The second-order valence-corrected chi connectivity index (χ2v) is 20.9. The predicted octanol–water partition coefficient (Wildman–Crippen LogP) is -3.76. The summed E-state index contributed by atoms with van der Waals surface area (Å²) in [6, 6.07) is -1.69. The molecule has 4 saturated heterocycles. The molecule has 0 bridgehead atoms. The number of fused-ring (bicyclic) bond motifs is 3. The van der Waals surface area contributed by atoms with Crippen molar-refractivity contribution >= 4 is 64.1 Å². The van der Waals surface area contributed by atoms with Gasteiger partial charge in [0.25, 0.3) is 0 Å². The van der Waals surface area contributed by atoms with E-state index in [1.54, 1.807) is 33.9 Å². The molecule has 9 amide bonds. The van der Waals surface area contributed by atoms with Crippen molar-refractivity contribution in [1.82, 2.24) is 62.0 Å². The molecular weight excluding hydrogens is 1030 g/mol. The number of benzene rings is 1. The molecule has 7 rings (SSSR count). The van der Waals surface area contributed by atoms with Gasteiger partial charge in [-0.15, -0.1) is 0 Å². The van der Waals surface area contributed by atoms with Gasteiger partial charge in [0, 0.05) is 61.5 Å². The van der Waals surface area contributed by atoms with E-state index in [-0.39, 0.29) is 51.9 Å². The predicted molar refractivity (Wildman–Crippen MR) is 278 cm³/mol. The molecule has 0 aliphatic carbocycles. The van der Waals surface area contributed by atoms with Crippen LogP contribution in [0.2, 0.25) is 0 Å². The van der Waals surface area contributed by atoms with E-state index in [2.05, 4.69) is 52.2 Å². The molecule has 4 aliphatic heterocycles. The van der Waals surface area contributed by atoms with Gasteiger partial charge < -0.3 is 86.9 Å². The third-order valence-electron chi connectivity index (χ3n) is 15.0. The Kier molecular flexibility index (Phi) is 20.5. The van der Waals surface area contributed by atoms with Gasteiger partial charge in [-0.3, -0.25) is 43.2 Å². The van der Waals surface area contributed by atoms with Gasteiger partial charge in [-0.1, -0.05) is 52.3 Å². The lowest BCUT2D eigenvalue weighted by Gasteiger charge is -2.39. The topological polar surface area (TPSA) is 388 Å². The van der Waals surface area contributed by atoms with Gasteiger partial charge in [0.2, 0.25) is 53.2 Å². The van der Waals surface area contributed by atoms with Gasteiger partial charge in [0.1, 0.15) is 66.7 Å². The van der Waals surface area contributed by atoms with Crippen LogP contribution in [-0.2, 0) is 65.5 Å². The Balaban J connectivity index is 1.17. The van der Waals surface area contributed by atoms with E-state index >= 15 is 0 Å². The highest BCUT2D eigenvalue weighted by Gasteiger charge is 2.47. The standard InChI is InChI=1S/C52H74N12O15/c1-5-27(4)41-51(77)64-16-9-13-36(64)50(76)63-15-8-12-35(63)48(74)59-32(18-28-21-55-31-11-7-6-10-30(28)31)46(72)58-33(19-29-22-53-25-57-29)45(71)56-23-39(67)61-40(26(2)3)49(75)60-34(47(73)62-41)20-38(66)54-14-17-78-52-44(70)43(69)42(68)37(24-65)79-52/h6-7,10-11,21-22,25-27,32-37,40-44,52,55,65,68-70H,5,8-9,12-20,23-24H2,1-4H3,(H,53,57)(H,54,66)(H,56,71)(H,58,72)(H,59,74)(H,60,75)(H,61,67)(H,62,73)/t27?,32-,33-,34-,35-,36-,37+,40-,41-,42+,43-,44+,52+/m0/s1. The Hall–Kier alpha value is -7.04. The lowest BCUT2D eigenvalue weighted by Crippen LogP contribution is -2.62. The minimum absolute atomic E-state index is 0.0374. The number of carbonyl (C=O) groups excluding carboxylic acids is 9. The van der Waals surface area contributed by atoms with Crippen LogP contribution in [0.5, 0.6) is 0 Å². The minimum Gasteiger partial charge on any atom is -0.394 e. The zero-order valence-electron chi connectivity index (χ0n) is 44.6. The Morgan fingerprint density at radius 1 is 0.772 bits per heavy atom. The average molecular weight is 1110 g/mol. The number of imidazole rings is 1. The van der Waals surface area contributed by atoms with E-state index in [1.807, 2.05) is 24.3 Å². The van der Waals surface area contributed by atoms with Gasteiger partial charge in [0.05, 0.1) is 32.5 Å². The third kappa shape index (κ3) is 14.6. The maximum absolute atomic E-state index is 14.8. The molecule has 4 aliphatic rings. The molecule has 3 aromatic rings. The zero-order valence-corrected chi connectivity index (χ0v) is 44.6. The van der Waals surface area contributed by atoms with Crippen LogP contribution in [0.25, 0.3) is 10.9 Å². The number of nitrogens with zero attached hydrogens (tertiary/aromatic N) is 3. The van der Waals surface area contributed by atoms with Gasteiger partial charge in [-0.25, -0.2) is 4.98 Å². The number of hydrogen-bond acceptors (Lipinski definition) is 16. The van der Waals surface area contributed by atoms with E-state index in [1.165, 1.54) is 22.3 Å². The van der Waals surface area contributed by atoms with Gasteiger partial charge in [0.15, 0.2) is 6.29 Å². The molecule has 27 heteroatoms. The number of ether oxygens (including phenoxy) is 2. The van der Waals surface area contributed by atoms with Crippen LogP contribution in [0.3, 0.4) is 0 Å². The number of aromatic nitrogens is 3. The molecule has 432 valence electrons. The summed E-state index contributed by atoms with van der Waals surface area (Å²) in [4.78, 5) is 142. The summed E-state index contributed by atoms with van der Waals surface area (Å²) >= 11 is 0. The van der Waals surface area contributed by atoms with Gasteiger partial charge in [-0.2, -0.15) is 0 Å². The molecule has 0 saturated carbocycles. The van der Waals surface area contributed by atoms with Crippen molar-refractivity contribution in [3.05, 3.63) is 54.2 Å². The Bertz CT molecular complexity index is 2650. The first-order valence-electron chi connectivity index (χ1n) is 26.9. The molecule has 13 atom stereocenters. The quantitative estimate of drug-likeness (QED) is 0.0690. The molecule has 6 heterocycles. The largest absolute Gasteiger partial charge is 0.394 e. The Morgan fingerprint density at radius 3 is 2.14 bits per heavy atom. The summed E-state index contributed by atoms with van der Waals surface area (Å²) in [5.74, 6) is -8.03. The molecule has 1 aromatic carbocycles. The molecule has 4 fully saturated rings. The summed E-state index contributed by atoms with van der Waals surface area (Å²) in [5.41, 5.74) is 1.89. The normalized spacial score (nSPS) is 29.6. The maximum Gasteiger partial charge on any atom is 0.246 e. The number of aliphatic hydroxyl groups excluding tert-OH is 4. The number of aromatic amines is 2. The molecule has 79 heavy (non-hydrogen) atoms. The second-order valence-electron chi connectivity index (χ2n) is 20.9. The Labute approximate surface area is 455 Å². The number of aliphatic hydroxyl groups is 4. The molecule has 0 radical (unpaired) electrons. The average Bonchev–Trinajstić information content (AvgIpc) is 4.33. The molecule has 2 aromatic heterocycles. The number of rotatable bonds is 14. The van der Waals surface area contributed by atoms with Crippen molar-refractivity contribution in [2.45, 2.75) is 152 Å². The van der Waals surface area contributed by atoms with E-state index in [0.29, 0.717) is 30.5 Å². The molecular formula is C52H74N12O15. The third-order valence-corrected chi connectivity index (χ3v) is 15.0. The number of para-hydroxylation sites is 1. The molecule has 13 N–H and O–H groups in total. The summed E-state index contributed by atoms with van der Waals surface area (Å²) in [5, 5.41) is 59.5. The van der Waals surface area contributed by atoms with Crippen LogP contribution < -0.4 is 37.2 Å².